The van der Waals surface area contributed by atoms with Gasteiger partial charge in [0.15, 0.2) is 10.3 Å². The molecule has 6 aromatic rings. The SMILES string of the molecule is CC(C)c1cccc(C(C)C)c1-n1cc(-c2ccccc2)nc1Sc1nc(-c2ccccc2)cn1-c1c(C(C)C)cccc1C(C)C. The van der Waals surface area contributed by atoms with Gasteiger partial charge in [-0.2, -0.15) is 0 Å². The molecule has 0 radical (unpaired) electrons. The second-order valence-corrected chi connectivity index (χ2v) is 14.5. The van der Waals surface area contributed by atoms with Gasteiger partial charge in [-0.3, -0.25) is 9.13 Å². The maximum atomic E-state index is 5.36. The summed E-state index contributed by atoms with van der Waals surface area (Å²) in [5, 5.41) is 1.80. The predicted molar refractivity (Wildman–Crippen MR) is 198 cm³/mol. The van der Waals surface area contributed by atoms with Crippen molar-refractivity contribution in [3.63, 3.8) is 0 Å². The normalized spacial score (nSPS) is 11.8. The van der Waals surface area contributed by atoms with Crippen molar-refractivity contribution in [1.82, 2.24) is 19.1 Å². The summed E-state index contributed by atoms with van der Waals surface area (Å²) in [6.45, 7) is 18.2. The van der Waals surface area contributed by atoms with Crippen molar-refractivity contribution in [2.45, 2.75) is 89.4 Å². The summed E-state index contributed by atoms with van der Waals surface area (Å²) in [7, 11) is 0. The third-order valence-electron chi connectivity index (χ3n) is 8.84. The van der Waals surface area contributed by atoms with Crippen LogP contribution in [0.1, 0.15) is 101 Å². The molecule has 0 bridgehead atoms. The average Bonchev–Trinajstić information content (AvgIpc) is 3.69. The summed E-state index contributed by atoms with van der Waals surface area (Å²) >= 11 is 1.65. The zero-order chi connectivity index (χ0) is 33.2. The molecule has 47 heavy (non-hydrogen) atoms. The van der Waals surface area contributed by atoms with E-state index in [4.69, 9.17) is 9.97 Å². The Labute approximate surface area is 284 Å². The van der Waals surface area contributed by atoms with Crippen molar-refractivity contribution < 1.29 is 0 Å². The highest BCUT2D eigenvalue weighted by Gasteiger charge is 2.25. The molecule has 0 spiro atoms. The molecule has 0 aliphatic rings. The van der Waals surface area contributed by atoms with Crippen molar-refractivity contribution in [3.8, 4) is 33.9 Å². The predicted octanol–water partition coefficient (Wildman–Crippen LogP) is 12.0. The zero-order valence-electron chi connectivity index (χ0n) is 28.9. The Hall–Kier alpha value is -4.35. The molecule has 0 saturated heterocycles. The monoisotopic (exact) mass is 638 g/mol. The van der Waals surface area contributed by atoms with Gasteiger partial charge in [0.25, 0.3) is 0 Å². The zero-order valence-corrected chi connectivity index (χ0v) is 29.7. The first-order valence-corrected chi connectivity index (χ1v) is 17.7. The minimum absolute atomic E-state index is 0.349. The summed E-state index contributed by atoms with van der Waals surface area (Å²) in [5.41, 5.74) is 11.8. The van der Waals surface area contributed by atoms with Gasteiger partial charge in [0, 0.05) is 23.5 Å². The molecule has 0 saturated carbocycles. The molecule has 4 nitrogen and oxygen atoms in total. The first-order chi connectivity index (χ1) is 22.6. The van der Waals surface area contributed by atoms with Crippen molar-refractivity contribution in [3.05, 3.63) is 132 Å². The van der Waals surface area contributed by atoms with E-state index in [0.29, 0.717) is 23.7 Å². The van der Waals surface area contributed by atoms with Crippen LogP contribution >= 0.6 is 11.8 Å². The topological polar surface area (TPSA) is 35.6 Å². The van der Waals surface area contributed by atoms with Gasteiger partial charge in [-0.1, -0.05) is 152 Å². The quantitative estimate of drug-likeness (QED) is 0.150. The molecule has 0 atom stereocenters. The molecule has 0 fully saturated rings. The van der Waals surface area contributed by atoms with Gasteiger partial charge in [-0.15, -0.1) is 0 Å². The van der Waals surface area contributed by atoms with Gasteiger partial charge in [-0.25, -0.2) is 9.97 Å². The molecule has 2 heterocycles. The van der Waals surface area contributed by atoms with Gasteiger partial charge >= 0.3 is 0 Å². The molecule has 0 unspecified atom stereocenters. The van der Waals surface area contributed by atoms with E-state index < -0.39 is 0 Å². The Morgan fingerprint density at radius 2 is 0.745 bits per heavy atom. The summed E-state index contributed by atoms with van der Waals surface area (Å²) in [4.78, 5) is 10.7. The van der Waals surface area contributed by atoms with Crippen molar-refractivity contribution in [2.24, 2.45) is 0 Å². The second-order valence-electron chi connectivity index (χ2n) is 13.6. The number of imidazole rings is 2. The lowest BCUT2D eigenvalue weighted by atomic mass is 9.92. The summed E-state index contributed by atoms with van der Waals surface area (Å²) in [6, 6.07) is 34.5. The van der Waals surface area contributed by atoms with Crippen molar-refractivity contribution in [1.29, 1.82) is 0 Å². The molecule has 4 aromatic carbocycles. The van der Waals surface area contributed by atoms with Crippen LogP contribution in [-0.2, 0) is 0 Å². The van der Waals surface area contributed by atoms with Crippen molar-refractivity contribution in [2.75, 3.05) is 0 Å². The van der Waals surface area contributed by atoms with Gasteiger partial charge in [0.2, 0.25) is 0 Å². The molecule has 0 N–H and O–H groups in total. The lowest BCUT2D eigenvalue weighted by molar-refractivity contribution is 0.768. The van der Waals surface area contributed by atoms with E-state index in [9.17, 15) is 0 Å². The van der Waals surface area contributed by atoms with Crippen LogP contribution in [0, 0.1) is 0 Å². The van der Waals surface area contributed by atoms with Crippen LogP contribution in [0.25, 0.3) is 33.9 Å². The number of benzene rings is 4. The van der Waals surface area contributed by atoms with E-state index in [-0.39, 0.29) is 0 Å². The average molecular weight is 639 g/mol. The highest BCUT2D eigenvalue weighted by Crippen LogP contribution is 2.41. The highest BCUT2D eigenvalue weighted by atomic mass is 32.2. The Balaban J connectivity index is 1.63. The molecule has 0 aliphatic heterocycles. The van der Waals surface area contributed by atoms with Crippen LogP contribution in [0.15, 0.2) is 120 Å². The number of hydrogen-bond acceptors (Lipinski definition) is 3. The Morgan fingerprint density at radius 1 is 0.426 bits per heavy atom. The van der Waals surface area contributed by atoms with Crippen LogP contribution < -0.4 is 0 Å². The molecular formula is C42H46N4S. The first-order valence-electron chi connectivity index (χ1n) is 16.9. The molecule has 5 heteroatoms. The Bertz CT molecular complexity index is 1770. The third kappa shape index (κ3) is 6.59. The fraction of sp³-hybridized carbons (Fsp3) is 0.286. The van der Waals surface area contributed by atoms with E-state index in [0.717, 1.165) is 32.8 Å². The van der Waals surface area contributed by atoms with Gasteiger partial charge < -0.3 is 0 Å². The van der Waals surface area contributed by atoms with Crippen LogP contribution in [-0.4, -0.2) is 19.1 Å². The minimum Gasteiger partial charge on any atom is -0.293 e. The third-order valence-corrected chi connectivity index (χ3v) is 9.78. The molecule has 0 aliphatic carbocycles. The number of para-hydroxylation sites is 2. The van der Waals surface area contributed by atoms with Crippen LogP contribution in [0.2, 0.25) is 0 Å². The Morgan fingerprint density at radius 3 is 1.04 bits per heavy atom. The molecule has 2 aromatic heterocycles. The number of rotatable bonds is 10. The number of nitrogens with zero attached hydrogens (tertiary/aromatic N) is 4. The highest BCUT2D eigenvalue weighted by molar-refractivity contribution is 7.99. The van der Waals surface area contributed by atoms with E-state index in [2.05, 4.69) is 174 Å². The van der Waals surface area contributed by atoms with Gasteiger partial charge in [0.1, 0.15) is 0 Å². The second kappa shape index (κ2) is 13.8. The summed E-state index contributed by atoms with van der Waals surface area (Å²) < 4.78 is 4.66. The standard InChI is InChI=1S/C42H46N4S/c1-27(2)33-21-15-22-34(28(3)4)39(33)45-25-37(31-17-11-9-12-18-31)43-41(45)47-42-44-38(32-19-13-10-14-20-32)26-46(42)40-35(29(5)6)23-16-24-36(40)30(7)8/h9-30H,1-8H3. The summed E-state index contributed by atoms with van der Waals surface area (Å²) in [5.74, 6) is 1.40. The molecular weight excluding hydrogens is 593 g/mol. The van der Waals surface area contributed by atoms with E-state index in [1.54, 1.807) is 11.8 Å². The maximum Gasteiger partial charge on any atom is 0.181 e. The van der Waals surface area contributed by atoms with E-state index in [1.807, 2.05) is 0 Å². The largest absolute Gasteiger partial charge is 0.293 e. The van der Waals surface area contributed by atoms with Gasteiger partial charge in [-0.05, 0) is 57.7 Å². The van der Waals surface area contributed by atoms with Crippen molar-refractivity contribution >= 4 is 11.8 Å². The van der Waals surface area contributed by atoms with Crippen LogP contribution in [0.4, 0.5) is 0 Å². The fourth-order valence-corrected chi connectivity index (χ4v) is 7.28. The molecule has 240 valence electrons. The molecule has 0 amide bonds. The summed E-state index contributed by atoms with van der Waals surface area (Å²) in [6.07, 6.45) is 4.44. The van der Waals surface area contributed by atoms with Crippen LogP contribution in [0.5, 0.6) is 0 Å². The molecule has 6 rings (SSSR count). The van der Waals surface area contributed by atoms with Crippen LogP contribution in [0.3, 0.4) is 0 Å². The lowest BCUT2D eigenvalue weighted by Crippen LogP contribution is -2.09. The maximum absolute atomic E-state index is 5.36. The first kappa shape index (κ1) is 32.6. The minimum atomic E-state index is 0.349. The fourth-order valence-electron chi connectivity index (χ4n) is 6.35. The number of hydrogen-bond donors (Lipinski definition) is 0. The lowest BCUT2D eigenvalue weighted by Gasteiger charge is -2.22. The Kier molecular flexibility index (Phi) is 9.56. The smallest absolute Gasteiger partial charge is 0.181 e. The van der Waals surface area contributed by atoms with E-state index >= 15 is 0 Å². The number of aromatic nitrogens is 4. The van der Waals surface area contributed by atoms with Gasteiger partial charge in [0.05, 0.1) is 22.8 Å². The van der Waals surface area contributed by atoms with E-state index in [1.165, 1.54) is 33.6 Å².